The lowest BCUT2D eigenvalue weighted by molar-refractivity contribution is -0.146. The van der Waals surface area contributed by atoms with Crippen molar-refractivity contribution in [3.05, 3.63) is 27.6 Å². The number of nitrogens with zero attached hydrogens (tertiary/aromatic N) is 1. The summed E-state index contributed by atoms with van der Waals surface area (Å²) in [5.41, 5.74) is 0.493. The van der Waals surface area contributed by atoms with E-state index in [0.29, 0.717) is 28.4 Å². The molecule has 2 aromatic rings. The zero-order valence-corrected chi connectivity index (χ0v) is 13.0. The van der Waals surface area contributed by atoms with Gasteiger partial charge in [-0.3, -0.25) is 9.59 Å². The van der Waals surface area contributed by atoms with Crippen molar-refractivity contribution in [2.75, 3.05) is 0 Å². The summed E-state index contributed by atoms with van der Waals surface area (Å²) in [6.07, 6.45) is 5.58. The van der Waals surface area contributed by atoms with Gasteiger partial charge in [-0.2, -0.15) is 0 Å². The summed E-state index contributed by atoms with van der Waals surface area (Å²) < 4.78 is 5.92. The van der Waals surface area contributed by atoms with Crippen molar-refractivity contribution in [3.8, 4) is 0 Å². The average Bonchev–Trinajstić information content (AvgIpc) is 3.20. The van der Waals surface area contributed by atoms with Crippen molar-refractivity contribution in [2.24, 2.45) is 17.8 Å². The van der Waals surface area contributed by atoms with Crippen LogP contribution in [0.4, 0.5) is 0 Å². The molecule has 0 aromatic carbocycles. The fourth-order valence-corrected chi connectivity index (χ4v) is 4.76. The molecule has 2 saturated carbocycles. The van der Waals surface area contributed by atoms with E-state index < -0.39 is 0 Å². The van der Waals surface area contributed by atoms with E-state index in [0.717, 1.165) is 11.8 Å². The largest absolute Gasteiger partial charge is 0.458 e. The highest BCUT2D eigenvalue weighted by Crippen LogP contribution is 2.49. The number of ether oxygens (including phenoxy) is 1. The predicted molar refractivity (Wildman–Crippen MR) is 83.6 cm³/mol. The lowest BCUT2D eigenvalue weighted by Crippen LogP contribution is -2.18. The number of rotatable bonds is 4. The molecule has 2 bridgehead atoms. The van der Waals surface area contributed by atoms with Crippen LogP contribution in [0.15, 0.2) is 16.2 Å². The van der Waals surface area contributed by atoms with Gasteiger partial charge >= 0.3 is 5.97 Å². The molecule has 5 nitrogen and oxygen atoms in total. The lowest BCUT2D eigenvalue weighted by Gasteiger charge is -2.20. The minimum absolute atomic E-state index is 0.0423. The van der Waals surface area contributed by atoms with Crippen LogP contribution < -0.4 is 5.56 Å². The van der Waals surface area contributed by atoms with Crippen LogP contribution in [0.5, 0.6) is 0 Å². The Bertz CT molecular complexity index is 766. The Labute approximate surface area is 131 Å². The van der Waals surface area contributed by atoms with Crippen molar-refractivity contribution >= 4 is 27.5 Å². The Kier molecular flexibility index (Phi) is 3.48. The van der Waals surface area contributed by atoms with Crippen molar-refractivity contribution in [2.45, 2.75) is 38.7 Å². The predicted octanol–water partition coefficient (Wildman–Crippen LogP) is 2.85. The normalized spacial score (nSPS) is 26.6. The van der Waals surface area contributed by atoms with Crippen LogP contribution in [0.2, 0.25) is 0 Å². The average molecular weight is 318 g/mol. The van der Waals surface area contributed by atoms with Gasteiger partial charge < -0.3 is 9.72 Å². The Hall–Kier alpha value is -1.69. The number of carbonyl (C=O) groups is 1. The number of thiophene rings is 1. The van der Waals surface area contributed by atoms with E-state index in [2.05, 4.69) is 9.97 Å². The number of aromatic nitrogens is 2. The van der Waals surface area contributed by atoms with Gasteiger partial charge in [0.25, 0.3) is 5.56 Å². The number of hydrogen-bond acceptors (Lipinski definition) is 5. The quantitative estimate of drug-likeness (QED) is 0.880. The molecule has 0 saturated heterocycles. The van der Waals surface area contributed by atoms with E-state index in [-0.39, 0.29) is 18.1 Å². The van der Waals surface area contributed by atoms with Gasteiger partial charge in [-0.1, -0.05) is 6.42 Å². The molecule has 0 radical (unpaired) electrons. The van der Waals surface area contributed by atoms with Crippen LogP contribution in [-0.4, -0.2) is 15.9 Å². The second kappa shape index (κ2) is 5.50. The van der Waals surface area contributed by atoms with E-state index in [1.807, 2.05) is 5.38 Å². The van der Waals surface area contributed by atoms with Crippen LogP contribution in [0, 0.1) is 17.8 Å². The third-order valence-corrected chi connectivity index (χ3v) is 5.95. The van der Waals surface area contributed by atoms with Gasteiger partial charge in [-0.05, 0) is 48.5 Å². The van der Waals surface area contributed by atoms with Gasteiger partial charge in [0, 0.05) is 6.42 Å². The molecular formula is C16H18N2O3S. The van der Waals surface area contributed by atoms with Crippen LogP contribution >= 0.6 is 11.3 Å². The molecular weight excluding hydrogens is 300 g/mol. The maximum absolute atomic E-state index is 12.0. The molecule has 3 atom stereocenters. The highest BCUT2D eigenvalue weighted by molar-refractivity contribution is 7.17. The molecule has 22 heavy (non-hydrogen) atoms. The van der Waals surface area contributed by atoms with Crippen LogP contribution in [0.25, 0.3) is 10.2 Å². The molecule has 0 amide bonds. The number of hydrogen-bond donors (Lipinski definition) is 1. The van der Waals surface area contributed by atoms with E-state index in [1.165, 1.54) is 37.0 Å². The molecule has 4 rings (SSSR count). The van der Waals surface area contributed by atoms with Crippen molar-refractivity contribution in [1.82, 2.24) is 9.97 Å². The summed E-state index contributed by atoms with van der Waals surface area (Å²) >= 11 is 1.36. The lowest BCUT2D eigenvalue weighted by atomic mass is 9.86. The summed E-state index contributed by atoms with van der Waals surface area (Å²) in [7, 11) is 0. The third-order valence-electron chi connectivity index (χ3n) is 5.05. The second-order valence-electron chi connectivity index (χ2n) is 6.45. The van der Waals surface area contributed by atoms with E-state index >= 15 is 0 Å². The minimum atomic E-state index is -0.175. The van der Waals surface area contributed by atoms with Gasteiger partial charge in [0.1, 0.15) is 17.1 Å². The first-order chi connectivity index (χ1) is 10.7. The summed E-state index contributed by atoms with van der Waals surface area (Å²) in [5, 5.41) is 1.83. The van der Waals surface area contributed by atoms with Crippen molar-refractivity contribution < 1.29 is 9.53 Å². The SMILES string of the molecule is O=C(C[C@@H]1C[C@H]2CC[C@@H]1C2)OCc1nc2ccsc2c(=O)[nH]1. The standard InChI is InChI=1S/C16H18N2O3S/c19-14(7-11-6-9-1-2-10(11)5-9)21-8-13-17-12-3-4-22-15(12)16(20)18-13/h3-4,9-11H,1-2,5-8H2,(H,17,18,20)/t9-,10+,11-/m0/s1. The third kappa shape index (κ3) is 2.56. The molecule has 2 aliphatic carbocycles. The number of aromatic amines is 1. The molecule has 0 spiro atoms. The Morgan fingerprint density at radius 3 is 3.09 bits per heavy atom. The maximum atomic E-state index is 12.0. The Morgan fingerprint density at radius 1 is 1.41 bits per heavy atom. The summed E-state index contributed by atoms with van der Waals surface area (Å²) in [5.74, 6) is 2.29. The van der Waals surface area contributed by atoms with Gasteiger partial charge in [-0.25, -0.2) is 4.98 Å². The number of H-pyrrole nitrogens is 1. The smallest absolute Gasteiger partial charge is 0.306 e. The highest BCUT2D eigenvalue weighted by atomic mass is 32.1. The first kappa shape index (κ1) is 13.9. The van der Waals surface area contributed by atoms with E-state index in [9.17, 15) is 9.59 Å². The topological polar surface area (TPSA) is 72.0 Å². The van der Waals surface area contributed by atoms with Crippen LogP contribution in [-0.2, 0) is 16.1 Å². The number of fused-ring (bicyclic) bond motifs is 3. The summed E-state index contributed by atoms with van der Waals surface area (Å²) in [6.45, 7) is 0.0423. The number of nitrogens with one attached hydrogen (secondary N) is 1. The highest BCUT2D eigenvalue weighted by Gasteiger charge is 2.40. The van der Waals surface area contributed by atoms with Crippen LogP contribution in [0.3, 0.4) is 0 Å². The van der Waals surface area contributed by atoms with E-state index in [4.69, 9.17) is 4.74 Å². The monoisotopic (exact) mass is 318 g/mol. The first-order valence-corrected chi connectivity index (χ1v) is 8.69. The Balaban J connectivity index is 1.37. The van der Waals surface area contributed by atoms with Gasteiger partial charge in [0.05, 0.1) is 5.52 Å². The van der Waals surface area contributed by atoms with Crippen LogP contribution in [0.1, 0.15) is 37.9 Å². The zero-order valence-electron chi connectivity index (χ0n) is 12.2. The fraction of sp³-hybridized carbons (Fsp3) is 0.562. The molecule has 2 aliphatic rings. The molecule has 0 aliphatic heterocycles. The molecule has 2 fully saturated rings. The fourth-order valence-electron chi connectivity index (χ4n) is 4.04. The second-order valence-corrected chi connectivity index (χ2v) is 7.36. The summed E-state index contributed by atoms with van der Waals surface area (Å²) in [6, 6.07) is 1.80. The minimum Gasteiger partial charge on any atom is -0.458 e. The van der Waals surface area contributed by atoms with Crippen molar-refractivity contribution in [3.63, 3.8) is 0 Å². The van der Waals surface area contributed by atoms with Crippen molar-refractivity contribution in [1.29, 1.82) is 0 Å². The molecule has 1 N–H and O–H groups in total. The maximum Gasteiger partial charge on any atom is 0.306 e. The van der Waals surface area contributed by atoms with Gasteiger partial charge in [0.15, 0.2) is 0 Å². The molecule has 6 heteroatoms. The molecule has 0 unspecified atom stereocenters. The summed E-state index contributed by atoms with van der Waals surface area (Å²) in [4.78, 5) is 30.8. The van der Waals surface area contributed by atoms with Gasteiger partial charge in [0.2, 0.25) is 0 Å². The van der Waals surface area contributed by atoms with E-state index in [1.54, 1.807) is 6.07 Å². The zero-order chi connectivity index (χ0) is 15.1. The molecule has 2 heterocycles. The number of carbonyl (C=O) groups excluding carboxylic acids is 1. The first-order valence-electron chi connectivity index (χ1n) is 7.81. The Morgan fingerprint density at radius 2 is 2.32 bits per heavy atom. The van der Waals surface area contributed by atoms with Gasteiger partial charge in [-0.15, -0.1) is 11.3 Å². The molecule has 2 aromatic heterocycles. The number of esters is 1. The molecule has 116 valence electrons.